The van der Waals surface area contributed by atoms with Gasteiger partial charge < -0.3 is 40.8 Å². The van der Waals surface area contributed by atoms with E-state index in [1.165, 1.54) is 5.09 Å². The summed E-state index contributed by atoms with van der Waals surface area (Å²) in [6.07, 6.45) is 3.57. The summed E-state index contributed by atoms with van der Waals surface area (Å²) in [4.78, 5) is 46.7. The van der Waals surface area contributed by atoms with Crippen molar-refractivity contribution in [2.24, 2.45) is 0 Å². The first kappa shape index (κ1) is 25.4. The van der Waals surface area contributed by atoms with Crippen molar-refractivity contribution in [3.63, 3.8) is 0 Å². The van der Waals surface area contributed by atoms with E-state index in [-0.39, 0.29) is 12.1 Å². The van der Waals surface area contributed by atoms with Gasteiger partial charge in [-0.15, -0.1) is 0 Å². The van der Waals surface area contributed by atoms with E-state index in [2.05, 4.69) is 10.6 Å². The Labute approximate surface area is 155 Å². The molecule has 2 heterocycles. The van der Waals surface area contributed by atoms with Crippen LogP contribution in [-0.4, -0.2) is 85.9 Å². The number of carbonyl (C=O) groups is 3. The molecule has 9 N–H and O–H groups in total. The van der Waals surface area contributed by atoms with Crippen LogP contribution in [0.1, 0.15) is 25.7 Å². The number of aliphatic hydroxyl groups is 1. The van der Waals surface area contributed by atoms with E-state index in [0.717, 1.165) is 38.8 Å². The van der Waals surface area contributed by atoms with E-state index in [1.807, 2.05) is 0 Å². The summed E-state index contributed by atoms with van der Waals surface area (Å²) < 4.78 is 10.1. The second-order valence-electron chi connectivity index (χ2n) is 5.72. The summed E-state index contributed by atoms with van der Waals surface area (Å²) in [6, 6.07) is -2.17. The Morgan fingerprint density at radius 1 is 0.963 bits per heavy atom. The van der Waals surface area contributed by atoms with E-state index in [9.17, 15) is 18.9 Å². The number of carboxylic acids is 3. The van der Waals surface area contributed by atoms with Gasteiger partial charge in [0.05, 0.1) is 6.61 Å². The number of carboxylic acid groups (broad SMARTS) is 3. The van der Waals surface area contributed by atoms with Crippen molar-refractivity contribution >= 4 is 25.7 Å². The third-order valence-corrected chi connectivity index (χ3v) is 4.17. The largest absolute Gasteiger partial charge is 0.480 e. The molecule has 14 heteroatoms. The highest BCUT2D eigenvalue weighted by atomic mass is 31.2. The summed E-state index contributed by atoms with van der Waals surface area (Å²) in [6.45, 7) is 0.842. The van der Waals surface area contributed by atoms with Crippen molar-refractivity contribution in [3.8, 4) is 0 Å². The molecule has 3 atom stereocenters. The third-order valence-electron chi connectivity index (χ3n) is 3.52. The Morgan fingerprint density at radius 2 is 1.37 bits per heavy atom. The van der Waals surface area contributed by atoms with Crippen LogP contribution < -0.4 is 15.7 Å². The second-order valence-corrected chi connectivity index (χ2v) is 7.07. The van der Waals surface area contributed by atoms with E-state index in [0.29, 0.717) is 0 Å². The maximum Gasteiger partial charge on any atom is 0.401 e. The Hall–Kier alpha value is -1.60. The fraction of sp³-hybridized carbons (Fsp3) is 0.769. The molecule has 0 amide bonds. The highest BCUT2D eigenvalue weighted by Gasteiger charge is 2.24. The van der Waals surface area contributed by atoms with E-state index in [1.54, 1.807) is 0 Å². The van der Waals surface area contributed by atoms with Crippen LogP contribution in [0.15, 0.2) is 0 Å². The number of nitrogens with one attached hydrogen (secondary N) is 3. The number of hydrogen-bond acceptors (Lipinski definition) is 7. The van der Waals surface area contributed by atoms with Crippen LogP contribution in [0.5, 0.6) is 0 Å². The van der Waals surface area contributed by atoms with Crippen LogP contribution in [0, 0.1) is 0 Å². The van der Waals surface area contributed by atoms with E-state index < -0.39 is 38.3 Å². The van der Waals surface area contributed by atoms with Crippen LogP contribution in [0.3, 0.4) is 0 Å². The fourth-order valence-electron chi connectivity index (χ4n) is 2.17. The lowest BCUT2D eigenvalue weighted by molar-refractivity contribution is -0.140. The molecule has 0 aromatic carbocycles. The second kappa shape index (κ2) is 12.7. The lowest BCUT2D eigenvalue weighted by Gasteiger charge is -2.11. The van der Waals surface area contributed by atoms with E-state index in [4.69, 9.17) is 30.2 Å². The van der Waals surface area contributed by atoms with Crippen LogP contribution >= 0.6 is 7.75 Å². The van der Waals surface area contributed by atoms with Gasteiger partial charge in [0.1, 0.15) is 18.1 Å². The topological polar surface area (TPSA) is 226 Å². The molecule has 0 aromatic heterocycles. The molecule has 0 unspecified atom stereocenters. The van der Waals surface area contributed by atoms with Gasteiger partial charge in [0.15, 0.2) is 0 Å². The average Bonchev–Trinajstić information content (AvgIpc) is 3.25. The lowest BCUT2D eigenvalue weighted by atomic mass is 10.2. The quantitative estimate of drug-likeness (QED) is 0.209. The van der Waals surface area contributed by atoms with Gasteiger partial charge in [0.2, 0.25) is 0 Å². The van der Waals surface area contributed by atoms with E-state index >= 15 is 0 Å². The van der Waals surface area contributed by atoms with Gasteiger partial charge in [-0.2, -0.15) is 0 Å². The van der Waals surface area contributed by atoms with Gasteiger partial charge in [0, 0.05) is 0 Å². The highest BCUT2D eigenvalue weighted by molar-refractivity contribution is 7.49. The molecule has 0 aliphatic carbocycles. The van der Waals surface area contributed by atoms with Gasteiger partial charge in [-0.3, -0.25) is 14.4 Å². The minimum Gasteiger partial charge on any atom is -0.480 e. The molecule has 158 valence electrons. The molecule has 2 fully saturated rings. The molecule has 2 aliphatic heterocycles. The average molecular weight is 415 g/mol. The zero-order valence-corrected chi connectivity index (χ0v) is 15.3. The van der Waals surface area contributed by atoms with Crippen molar-refractivity contribution < 1.29 is 49.2 Å². The van der Waals surface area contributed by atoms with Gasteiger partial charge in [0.25, 0.3) is 0 Å². The third kappa shape index (κ3) is 12.4. The molecule has 0 saturated carbocycles. The molecule has 27 heavy (non-hydrogen) atoms. The Morgan fingerprint density at radius 3 is 1.48 bits per heavy atom. The standard InChI is InChI=1S/2C5H9NO2.C3H8NO6P/c2*7-5(8)4-2-1-3-6-4;5-1-2(3(6)7)4-11(8,9)10/h2*4,6H,1-3H2,(H,7,8);2,5H,1H2,(H,6,7)(H3,4,8,9,10)/t2*4-;2-/m000/s1. The number of aliphatic carboxylic acids is 3. The number of rotatable bonds is 6. The summed E-state index contributed by atoms with van der Waals surface area (Å²) in [7, 11) is -4.58. The first-order chi connectivity index (χ1) is 12.5. The molecule has 13 nitrogen and oxygen atoms in total. The van der Waals surface area contributed by atoms with Gasteiger partial charge in [-0.05, 0) is 38.8 Å². The molecule has 0 radical (unpaired) electrons. The minimum atomic E-state index is -4.58. The van der Waals surface area contributed by atoms with Crippen LogP contribution in [0.25, 0.3) is 0 Å². The van der Waals surface area contributed by atoms with Crippen LogP contribution in [0.2, 0.25) is 0 Å². The Kier molecular flexibility index (Phi) is 12.0. The monoisotopic (exact) mass is 415 g/mol. The summed E-state index contributed by atoms with van der Waals surface area (Å²) >= 11 is 0. The minimum absolute atomic E-state index is 0.269. The van der Waals surface area contributed by atoms with Gasteiger partial charge in [-0.25, -0.2) is 9.65 Å². The maximum atomic E-state index is 10.1. The van der Waals surface area contributed by atoms with Gasteiger partial charge in [-0.1, -0.05) is 0 Å². The first-order valence-electron chi connectivity index (χ1n) is 8.07. The predicted molar refractivity (Wildman–Crippen MR) is 91.0 cm³/mol. The van der Waals surface area contributed by atoms with Crippen molar-refractivity contribution in [1.82, 2.24) is 15.7 Å². The molecule has 2 rings (SSSR count). The summed E-state index contributed by atoms with van der Waals surface area (Å²) in [5.74, 6) is -2.96. The normalized spacial score (nSPS) is 22.6. The maximum absolute atomic E-state index is 10.1. The molecular formula is C13H26N3O10P. The lowest BCUT2D eigenvalue weighted by Crippen LogP contribution is -2.37. The van der Waals surface area contributed by atoms with Crippen molar-refractivity contribution in [1.29, 1.82) is 0 Å². The zero-order chi connectivity index (χ0) is 21.0. The molecule has 0 aromatic rings. The summed E-state index contributed by atoms with van der Waals surface area (Å²) in [5, 5.41) is 40.3. The van der Waals surface area contributed by atoms with Crippen molar-refractivity contribution in [2.75, 3.05) is 19.7 Å². The first-order valence-corrected chi connectivity index (χ1v) is 9.68. The van der Waals surface area contributed by atoms with Crippen LogP contribution in [0.4, 0.5) is 0 Å². The number of aliphatic hydroxyl groups excluding tert-OH is 1. The highest BCUT2D eigenvalue weighted by Crippen LogP contribution is 2.28. The Balaban J connectivity index is 0.000000381. The fourth-order valence-corrected chi connectivity index (χ4v) is 2.77. The molecule has 0 bridgehead atoms. The predicted octanol–water partition coefficient (Wildman–Crippen LogP) is -2.24. The molecule has 2 aliphatic rings. The van der Waals surface area contributed by atoms with Crippen molar-refractivity contribution in [3.05, 3.63) is 0 Å². The Bertz CT molecular complexity index is 502. The zero-order valence-electron chi connectivity index (χ0n) is 14.4. The molecule has 2 saturated heterocycles. The SMILES string of the molecule is O=C(O)[C@@H]1CCCN1.O=C(O)[C@@H]1CCCN1.O=C(O)[C@H](CO)NP(=O)(O)O. The molecular weight excluding hydrogens is 389 g/mol. The number of hydrogen-bond donors (Lipinski definition) is 9. The molecule has 0 spiro atoms. The van der Waals surface area contributed by atoms with Crippen molar-refractivity contribution in [2.45, 2.75) is 43.8 Å². The smallest absolute Gasteiger partial charge is 0.401 e. The summed E-state index contributed by atoms with van der Waals surface area (Å²) in [5.41, 5.74) is 0. The van der Waals surface area contributed by atoms with Gasteiger partial charge >= 0.3 is 25.7 Å². The van der Waals surface area contributed by atoms with Crippen LogP contribution in [-0.2, 0) is 18.9 Å².